The molecule has 1 amide bonds. The number of guanidine groups is 1. The van der Waals surface area contributed by atoms with Crippen molar-refractivity contribution in [2.24, 2.45) is 10.9 Å². The van der Waals surface area contributed by atoms with Crippen LogP contribution in [0.5, 0.6) is 0 Å². The number of pyridine rings is 1. The number of rotatable bonds is 11. The zero-order valence-electron chi connectivity index (χ0n) is 17.4. The van der Waals surface area contributed by atoms with Crippen LogP contribution in [0.3, 0.4) is 0 Å². The Bertz CT molecular complexity index is 597. The highest BCUT2D eigenvalue weighted by Crippen LogP contribution is 2.12. The summed E-state index contributed by atoms with van der Waals surface area (Å²) in [6.45, 7) is 4.73. The predicted octanol–water partition coefficient (Wildman–Crippen LogP) is 1.31. The Morgan fingerprint density at radius 2 is 2.28 bits per heavy atom. The third-order valence-corrected chi connectivity index (χ3v) is 4.62. The Balaban J connectivity index is 0.00000420. The highest BCUT2D eigenvalue weighted by molar-refractivity contribution is 14.0. The van der Waals surface area contributed by atoms with Gasteiger partial charge >= 0.3 is 0 Å². The van der Waals surface area contributed by atoms with E-state index in [0.717, 1.165) is 51.3 Å². The highest BCUT2D eigenvalue weighted by atomic mass is 127. The molecule has 1 saturated heterocycles. The fourth-order valence-corrected chi connectivity index (χ4v) is 2.81. The van der Waals surface area contributed by atoms with Crippen LogP contribution < -0.4 is 10.6 Å². The molecule has 2 rings (SSSR count). The van der Waals surface area contributed by atoms with Gasteiger partial charge in [0.05, 0.1) is 19.8 Å². The van der Waals surface area contributed by atoms with Gasteiger partial charge in [-0.2, -0.15) is 0 Å². The third kappa shape index (κ3) is 10.8. The van der Waals surface area contributed by atoms with Gasteiger partial charge in [0.15, 0.2) is 5.96 Å². The molecule has 0 saturated carbocycles. The van der Waals surface area contributed by atoms with E-state index in [4.69, 9.17) is 9.47 Å². The van der Waals surface area contributed by atoms with Crippen molar-refractivity contribution in [3.05, 3.63) is 30.1 Å². The molecule has 0 aromatic carbocycles. The van der Waals surface area contributed by atoms with E-state index in [9.17, 15) is 4.79 Å². The molecule has 29 heavy (non-hydrogen) atoms. The summed E-state index contributed by atoms with van der Waals surface area (Å²) < 4.78 is 11.0. The van der Waals surface area contributed by atoms with Gasteiger partial charge in [-0.25, -0.2) is 0 Å². The minimum Gasteiger partial charge on any atom is -0.381 e. The summed E-state index contributed by atoms with van der Waals surface area (Å²) in [4.78, 5) is 22.4. The van der Waals surface area contributed by atoms with E-state index in [1.165, 1.54) is 0 Å². The second-order valence-electron chi connectivity index (χ2n) is 6.90. The molecule has 164 valence electrons. The standard InChI is InChI=1S/C20H33N5O3.HI/c1-21-20(23-10-5-12-27-15-17-8-13-28-16-17)24-14-19(26)25(2)11-7-18-6-3-4-9-22-18;/h3-4,6,9,17H,5,7-8,10-16H2,1-2H3,(H2,21,23,24);1H. The summed E-state index contributed by atoms with van der Waals surface area (Å²) in [7, 11) is 3.50. The molecule has 1 fully saturated rings. The summed E-state index contributed by atoms with van der Waals surface area (Å²) in [6, 6.07) is 5.81. The molecule has 0 radical (unpaired) electrons. The van der Waals surface area contributed by atoms with Crippen LogP contribution in [0.25, 0.3) is 0 Å². The molecule has 0 spiro atoms. The maximum atomic E-state index is 12.3. The van der Waals surface area contributed by atoms with E-state index in [0.29, 0.717) is 25.0 Å². The van der Waals surface area contributed by atoms with E-state index < -0.39 is 0 Å². The van der Waals surface area contributed by atoms with Gasteiger partial charge in [0.25, 0.3) is 0 Å². The van der Waals surface area contributed by atoms with Gasteiger partial charge < -0.3 is 25.0 Å². The number of carbonyl (C=O) groups excluding carboxylic acids is 1. The van der Waals surface area contributed by atoms with Crippen molar-refractivity contribution in [2.45, 2.75) is 19.3 Å². The fraction of sp³-hybridized carbons (Fsp3) is 0.650. The van der Waals surface area contributed by atoms with Crippen LogP contribution in [-0.4, -0.2) is 81.9 Å². The van der Waals surface area contributed by atoms with Gasteiger partial charge in [0.1, 0.15) is 0 Å². The van der Waals surface area contributed by atoms with E-state index in [1.54, 1.807) is 25.2 Å². The fourth-order valence-electron chi connectivity index (χ4n) is 2.81. The lowest BCUT2D eigenvalue weighted by atomic mass is 10.1. The van der Waals surface area contributed by atoms with Gasteiger partial charge in [0, 0.05) is 64.6 Å². The molecule has 1 aromatic rings. The van der Waals surface area contributed by atoms with Crippen LogP contribution >= 0.6 is 24.0 Å². The summed E-state index contributed by atoms with van der Waals surface area (Å²) in [5, 5.41) is 6.26. The van der Waals surface area contributed by atoms with Crippen molar-refractivity contribution in [3.8, 4) is 0 Å². The number of nitrogens with one attached hydrogen (secondary N) is 2. The molecule has 1 atom stereocenters. The molecule has 1 aromatic heterocycles. The van der Waals surface area contributed by atoms with Gasteiger partial charge in [0.2, 0.25) is 5.91 Å². The second-order valence-corrected chi connectivity index (χ2v) is 6.90. The zero-order chi connectivity index (χ0) is 20.0. The van der Waals surface area contributed by atoms with Crippen LogP contribution in [0.2, 0.25) is 0 Å². The first kappa shape index (κ1) is 25.6. The molecule has 0 bridgehead atoms. The van der Waals surface area contributed by atoms with E-state index in [-0.39, 0.29) is 36.4 Å². The van der Waals surface area contributed by atoms with Crippen LogP contribution in [0.4, 0.5) is 0 Å². The Hall–Kier alpha value is -1.46. The molecular formula is C20H34IN5O3. The van der Waals surface area contributed by atoms with Crippen molar-refractivity contribution in [1.29, 1.82) is 0 Å². The molecule has 2 N–H and O–H groups in total. The molecule has 0 aliphatic carbocycles. The van der Waals surface area contributed by atoms with Crippen molar-refractivity contribution >= 4 is 35.8 Å². The Morgan fingerprint density at radius 1 is 1.41 bits per heavy atom. The number of halogens is 1. The van der Waals surface area contributed by atoms with Gasteiger partial charge in [-0.05, 0) is 25.0 Å². The lowest BCUT2D eigenvalue weighted by Crippen LogP contribution is -2.44. The molecule has 1 aliphatic rings. The lowest BCUT2D eigenvalue weighted by Gasteiger charge is -2.18. The van der Waals surface area contributed by atoms with Crippen LogP contribution in [0.1, 0.15) is 18.5 Å². The first-order valence-electron chi connectivity index (χ1n) is 9.93. The number of carbonyl (C=O) groups is 1. The van der Waals surface area contributed by atoms with Crippen molar-refractivity contribution in [3.63, 3.8) is 0 Å². The molecule has 9 heteroatoms. The minimum absolute atomic E-state index is 0. The summed E-state index contributed by atoms with van der Waals surface area (Å²) >= 11 is 0. The monoisotopic (exact) mass is 519 g/mol. The average molecular weight is 519 g/mol. The first-order valence-corrected chi connectivity index (χ1v) is 9.93. The summed E-state index contributed by atoms with van der Waals surface area (Å²) in [5.74, 6) is 1.18. The largest absolute Gasteiger partial charge is 0.381 e. The van der Waals surface area contributed by atoms with Gasteiger partial charge in [-0.3, -0.25) is 14.8 Å². The van der Waals surface area contributed by atoms with E-state index >= 15 is 0 Å². The maximum absolute atomic E-state index is 12.3. The van der Waals surface area contributed by atoms with Crippen LogP contribution in [0.15, 0.2) is 29.4 Å². The molecule has 1 unspecified atom stereocenters. The predicted molar refractivity (Wildman–Crippen MR) is 125 cm³/mol. The quantitative estimate of drug-likeness (QED) is 0.199. The minimum atomic E-state index is 0. The topological polar surface area (TPSA) is 88.1 Å². The number of hydrogen-bond donors (Lipinski definition) is 2. The lowest BCUT2D eigenvalue weighted by molar-refractivity contribution is -0.128. The number of amides is 1. The van der Waals surface area contributed by atoms with Crippen molar-refractivity contribution in [2.75, 3.05) is 60.2 Å². The molecule has 8 nitrogen and oxygen atoms in total. The van der Waals surface area contributed by atoms with E-state index in [1.807, 2.05) is 18.2 Å². The SMILES string of the molecule is CN=C(NCCCOCC1CCOC1)NCC(=O)N(C)CCc1ccccn1.I. The Morgan fingerprint density at radius 3 is 2.97 bits per heavy atom. The number of ether oxygens (including phenoxy) is 2. The number of nitrogens with zero attached hydrogens (tertiary/aromatic N) is 3. The molecular weight excluding hydrogens is 485 g/mol. The van der Waals surface area contributed by atoms with Crippen molar-refractivity contribution in [1.82, 2.24) is 20.5 Å². The smallest absolute Gasteiger partial charge is 0.241 e. The average Bonchev–Trinajstić information content (AvgIpc) is 3.25. The maximum Gasteiger partial charge on any atom is 0.241 e. The first-order chi connectivity index (χ1) is 13.7. The number of hydrogen-bond acceptors (Lipinski definition) is 5. The highest BCUT2D eigenvalue weighted by Gasteiger charge is 2.15. The normalized spacial score (nSPS) is 16.2. The van der Waals surface area contributed by atoms with Crippen molar-refractivity contribution < 1.29 is 14.3 Å². The molecule has 2 heterocycles. The zero-order valence-corrected chi connectivity index (χ0v) is 19.8. The molecule has 1 aliphatic heterocycles. The summed E-state index contributed by atoms with van der Waals surface area (Å²) in [6.07, 6.45) is 4.48. The van der Waals surface area contributed by atoms with Crippen LogP contribution in [-0.2, 0) is 20.7 Å². The number of aliphatic imine (C=N–C) groups is 1. The third-order valence-electron chi connectivity index (χ3n) is 4.62. The van der Waals surface area contributed by atoms with Gasteiger partial charge in [-0.1, -0.05) is 6.07 Å². The second kappa shape index (κ2) is 15.4. The van der Waals surface area contributed by atoms with Crippen LogP contribution in [0, 0.1) is 5.92 Å². The van der Waals surface area contributed by atoms with Gasteiger partial charge in [-0.15, -0.1) is 24.0 Å². The number of likely N-dealkylation sites (N-methyl/N-ethyl adjacent to an activating group) is 1. The van der Waals surface area contributed by atoms with E-state index in [2.05, 4.69) is 20.6 Å². The Kier molecular flexibility index (Phi) is 13.6. The summed E-state index contributed by atoms with van der Waals surface area (Å²) in [5.41, 5.74) is 0.982. The Labute approximate surface area is 190 Å². The number of aromatic nitrogens is 1.